The first-order chi connectivity index (χ1) is 8.40. The van der Waals surface area contributed by atoms with E-state index in [1.165, 1.54) is 50.9 Å². The molecule has 0 spiro atoms. The van der Waals surface area contributed by atoms with Crippen LogP contribution in [0.3, 0.4) is 0 Å². The maximum absolute atomic E-state index is 3.43. The van der Waals surface area contributed by atoms with Crippen LogP contribution in [0.5, 0.6) is 0 Å². The zero-order valence-corrected chi connectivity index (χ0v) is 10.9. The Morgan fingerprint density at radius 1 is 1.12 bits per heavy atom. The summed E-state index contributed by atoms with van der Waals surface area (Å²) in [5.74, 6) is 0. The van der Waals surface area contributed by atoms with E-state index in [0.717, 1.165) is 0 Å². The predicted molar refractivity (Wildman–Crippen MR) is 73.2 cm³/mol. The van der Waals surface area contributed by atoms with Gasteiger partial charge in [-0.05, 0) is 51.5 Å². The number of piperidine rings is 1. The van der Waals surface area contributed by atoms with Crippen molar-refractivity contribution in [3.8, 4) is 0 Å². The molecule has 0 aliphatic carbocycles. The van der Waals surface area contributed by atoms with Crippen LogP contribution >= 0.6 is 0 Å². The average molecular weight is 232 g/mol. The first-order valence-electron chi connectivity index (χ1n) is 6.84. The van der Waals surface area contributed by atoms with Gasteiger partial charge in [0, 0.05) is 6.04 Å². The van der Waals surface area contributed by atoms with Gasteiger partial charge in [-0.2, -0.15) is 0 Å². The molecular formula is C15H24N2. The highest BCUT2D eigenvalue weighted by molar-refractivity contribution is 5.18. The number of hydrogen-bond donors (Lipinski definition) is 1. The topological polar surface area (TPSA) is 15.3 Å². The number of nitrogens with zero attached hydrogens (tertiary/aromatic N) is 1. The Kier molecular flexibility index (Phi) is 5.02. The van der Waals surface area contributed by atoms with Gasteiger partial charge in [-0.1, -0.05) is 36.8 Å². The fraction of sp³-hybridized carbons (Fsp3) is 0.600. The quantitative estimate of drug-likeness (QED) is 0.840. The average Bonchev–Trinajstić information content (AvgIpc) is 2.42. The molecule has 1 unspecified atom stereocenters. The molecule has 1 aromatic rings. The second kappa shape index (κ2) is 6.77. The first-order valence-corrected chi connectivity index (χ1v) is 6.84. The van der Waals surface area contributed by atoms with Crippen molar-refractivity contribution in [3.63, 3.8) is 0 Å². The van der Waals surface area contributed by atoms with Gasteiger partial charge in [-0.15, -0.1) is 0 Å². The minimum Gasteiger partial charge on any atom is -0.313 e. The number of rotatable bonds is 5. The van der Waals surface area contributed by atoms with Gasteiger partial charge in [0.1, 0.15) is 0 Å². The lowest BCUT2D eigenvalue weighted by molar-refractivity contribution is 0.218. The zero-order chi connectivity index (χ0) is 11.9. The standard InChI is InChI=1S/C15H24N2/c1-16-15(14-8-4-2-5-9-14)10-13-17-11-6-3-7-12-17/h2,4-5,8-9,15-16H,3,6-7,10-13H2,1H3. The van der Waals surface area contributed by atoms with E-state index in [0.29, 0.717) is 6.04 Å². The van der Waals surface area contributed by atoms with Crippen LogP contribution in [0.4, 0.5) is 0 Å². The molecule has 2 rings (SSSR count). The van der Waals surface area contributed by atoms with Crippen LogP contribution in [0.1, 0.15) is 37.3 Å². The van der Waals surface area contributed by atoms with Gasteiger partial charge in [0.25, 0.3) is 0 Å². The van der Waals surface area contributed by atoms with Crippen LogP contribution in [-0.2, 0) is 0 Å². The number of nitrogens with one attached hydrogen (secondary N) is 1. The Hall–Kier alpha value is -0.860. The Bertz CT molecular complexity index is 304. The van der Waals surface area contributed by atoms with E-state index in [9.17, 15) is 0 Å². The van der Waals surface area contributed by atoms with Gasteiger partial charge in [0.15, 0.2) is 0 Å². The van der Waals surface area contributed by atoms with Crippen molar-refractivity contribution in [1.82, 2.24) is 10.2 Å². The minimum atomic E-state index is 0.498. The summed E-state index contributed by atoms with van der Waals surface area (Å²) in [5.41, 5.74) is 1.41. The van der Waals surface area contributed by atoms with E-state index in [1.807, 2.05) is 0 Å². The molecule has 0 amide bonds. The first kappa shape index (κ1) is 12.6. The number of likely N-dealkylation sites (tertiary alicyclic amines) is 1. The van der Waals surface area contributed by atoms with E-state index in [-0.39, 0.29) is 0 Å². The number of hydrogen-bond acceptors (Lipinski definition) is 2. The fourth-order valence-electron chi connectivity index (χ4n) is 2.66. The Labute approximate surface area is 105 Å². The maximum atomic E-state index is 3.43. The molecule has 2 nitrogen and oxygen atoms in total. The van der Waals surface area contributed by atoms with E-state index < -0.39 is 0 Å². The third kappa shape index (κ3) is 3.83. The third-order valence-corrected chi connectivity index (χ3v) is 3.73. The molecule has 17 heavy (non-hydrogen) atoms. The Morgan fingerprint density at radius 2 is 1.82 bits per heavy atom. The maximum Gasteiger partial charge on any atom is 0.0329 e. The lowest BCUT2D eigenvalue weighted by Crippen LogP contribution is -2.32. The highest BCUT2D eigenvalue weighted by atomic mass is 15.1. The third-order valence-electron chi connectivity index (χ3n) is 3.73. The van der Waals surface area contributed by atoms with Crippen LogP contribution in [0, 0.1) is 0 Å². The summed E-state index contributed by atoms with van der Waals surface area (Å²) in [4.78, 5) is 2.61. The van der Waals surface area contributed by atoms with Crippen molar-refractivity contribution in [2.45, 2.75) is 31.7 Å². The molecular weight excluding hydrogens is 208 g/mol. The second-order valence-electron chi connectivity index (χ2n) is 4.94. The van der Waals surface area contributed by atoms with Gasteiger partial charge in [0.2, 0.25) is 0 Å². The summed E-state index contributed by atoms with van der Waals surface area (Å²) in [7, 11) is 2.06. The van der Waals surface area contributed by atoms with Crippen molar-refractivity contribution < 1.29 is 0 Å². The molecule has 94 valence electrons. The van der Waals surface area contributed by atoms with Crippen molar-refractivity contribution in [2.75, 3.05) is 26.7 Å². The molecule has 0 bridgehead atoms. The second-order valence-corrected chi connectivity index (χ2v) is 4.94. The van der Waals surface area contributed by atoms with Crippen molar-refractivity contribution in [2.24, 2.45) is 0 Å². The summed E-state index contributed by atoms with van der Waals surface area (Å²) in [5, 5.41) is 3.43. The van der Waals surface area contributed by atoms with E-state index in [2.05, 4.69) is 47.6 Å². The van der Waals surface area contributed by atoms with Crippen molar-refractivity contribution in [1.29, 1.82) is 0 Å². The van der Waals surface area contributed by atoms with Gasteiger partial charge < -0.3 is 10.2 Å². The SMILES string of the molecule is CNC(CCN1CCCCC1)c1ccccc1. The highest BCUT2D eigenvalue weighted by Gasteiger charge is 2.13. The minimum absolute atomic E-state index is 0.498. The lowest BCUT2D eigenvalue weighted by atomic mass is 10.0. The molecule has 1 atom stereocenters. The summed E-state index contributed by atoms with van der Waals surface area (Å²) in [6, 6.07) is 11.3. The monoisotopic (exact) mass is 232 g/mol. The largest absolute Gasteiger partial charge is 0.313 e. The molecule has 0 aromatic heterocycles. The zero-order valence-electron chi connectivity index (χ0n) is 10.9. The van der Waals surface area contributed by atoms with Crippen LogP contribution < -0.4 is 5.32 Å². The predicted octanol–water partition coefficient (Wildman–Crippen LogP) is 2.82. The van der Waals surface area contributed by atoms with Gasteiger partial charge in [0.05, 0.1) is 0 Å². The molecule has 1 N–H and O–H groups in total. The summed E-state index contributed by atoms with van der Waals surface area (Å²) < 4.78 is 0. The van der Waals surface area contributed by atoms with Crippen LogP contribution in [0.15, 0.2) is 30.3 Å². The van der Waals surface area contributed by atoms with E-state index in [1.54, 1.807) is 0 Å². The molecule has 1 fully saturated rings. The van der Waals surface area contributed by atoms with Gasteiger partial charge in [-0.25, -0.2) is 0 Å². The molecule has 1 saturated heterocycles. The molecule has 1 heterocycles. The lowest BCUT2D eigenvalue weighted by Gasteiger charge is -2.28. The molecule has 1 aliphatic heterocycles. The Balaban J connectivity index is 1.83. The van der Waals surface area contributed by atoms with Gasteiger partial charge in [-0.3, -0.25) is 0 Å². The highest BCUT2D eigenvalue weighted by Crippen LogP contribution is 2.17. The smallest absolute Gasteiger partial charge is 0.0329 e. The van der Waals surface area contributed by atoms with Crippen LogP contribution in [0.2, 0.25) is 0 Å². The Morgan fingerprint density at radius 3 is 2.47 bits per heavy atom. The molecule has 0 saturated carbocycles. The number of benzene rings is 1. The van der Waals surface area contributed by atoms with Crippen LogP contribution in [0.25, 0.3) is 0 Å². The normalized spacial score (nSPS) is 19.1. The van der Waals surface area contributed by atoms with Crippen LogP contribution in [-0.4, -0.2) is 31.6 Å². The fourth-order valence-corrected chi connectivity index (χ4v) is 2.66. The van der Waals surface area contributed by atoms with Gasteiger partial charge >= 0.3 is 0 Å². The molecule has 1 aromatic carbocycles. The summed E-state index contributed by atoms with van der Waals surface area (Å²) in [6.45, 7) is 3.82. The van der Waals surface area contributed by atoms with Crippen molar-refractivity contribution in [3.05, 3.63) is 35.9 Å². The summed E-state index contributed by atoms with van der Waals surface area (Å²) >= 11 is 0. The molecule has 1 aliphatic rings. The summed E-state index contributed by atoms with van der Waals surface area (Å²) in [6.07, 6.45) is 5.40. The van der Waals surface area contributed by atoms with E-state index >= 15 is 0 Å². The molecule has 0 radical (unpaired) electrons. The van der Waals surface area contributed by atoms with Crippen molar-refractivity contribution >= 4 is 0 Å². The van der Waals surface area contributed by atoms with E-state index in [4.69, 9.17) is 0 Å². The molecule has 2 heteroatoms.